The summed E-state index contributed by atoms with van der Waals surface area (Å²) in [7, 11) is 0. The molecule has 0 aliphatic rings. The van der Waals surface area contributed by atoms with Crippen LogP contribution >= 0.6 is 11.8 Å². The SMILES string of the molecule is CCn1c(SCC(=O)NCc2ccco2)nnc1C(C)Oc1ccc(F)cc1F. The predicted molar refractivity (Wildman–Crippen MR) is 102 cm³/mol. The van der Waals surface area contributed by atoms with Crippen molar-refractivity contribution in [2.75, 3.05) is 5.75 Å². The maximum Gasteiger partial charge on any atom is 0.230 e. The second-order valence-electron chi connectivity index (χ2n) is 6.06. The maximum absolute atomic E-state index is 13.8. The number of nitrogens with zero attached hydrogens (tertiary/aromatic N) is 3. The molecule has 3 rings (SSSR count). The van der Waals surface area contributed by atoms with E-state index in [1.807, 2.05) is 6.92 Å². The number of hydrogen-bond acceptors (Lipinski definition) is 6. The molecule has 0 fully saturated rings. The highest BCUT2D eigenvalue weighted by Crippen LogP contribution is 2.26. The third-order valence-corrected chi connectivity index (χ3v) is 4.96. The molecule has 3 aromatic rings. The van der Waals surface area contributed by atoms with Crippen LogP contribution in [0.2, 0.25) is 0 Å². The summed E-state index contributed by atoms with van der Waals surface area (Å²) in [6.07, 6.45) is 0.923. The second-order valence-corrected chi connectivity index (χ2v) is 7.01. The van der Waals surface area contributed by atoms with Crippen LogP contribution in [0.25, 0.3) is 0 Å². The van der Waals surface area contributed by atoms with E-state index in [2.05, 4.69) is 15.5 Å². The largest absolute Gasteiger partial charge is 0.480 e. The van der Waals surface area contributed by atoms with Crippen molar-refractivity contribution in [3.8, 4) is 5.75 Å². The minimum absolute atomic E-state index is 0.0731. The van der Waals surface area contributed by atoms with Crippen LogP contribution in [0.5, 0.6) is 5.75 Å². The number of hydrogen-bond donors (Lipinski definition) is 1. The number of carbonyl (C=O) groups excluding carboxylic acids is 1. The first-order chi connectivity index (χ1) is 14.0. The number of thioether (sulfide) groups is 1. The number of benzene rings is 1. The van der Waals surface area contributed by atoms with Gasteiger partial charge in [-0.3, -0.25) is 4.79 Å². The number of halogens is 2. The lowest BCUT2D eigenvalue weighted by atomic mass is 10.3. The molecule has 2 aromatic heterocycles. The molecule has 1 N–H and O–H groups in total. The van der Waals surface area contributed by atoms with Gasteiger partial charge >= 0.3 is 0 Å². The Morgan fingerprint density at radius 2 is 2.17 bits per heavy atom. The smallest absolute Gasteiger partial charge is 0.230 e. The van der Waals surface area contributed by atoms with Gasteiger partial charge in [-0.2, -0.15) is 0 Å². The standard InChI is InChI=1S/C19H20F2N4O3S/c1-3-25-18(12(2)28-16-7-6-13(20)9-15(16)21)23-24-19(25)29-11-17(26)22-10-14-5-4-8-27-14/h4-9,12H,3,10-11H2,1-2H3,(H,22,26). The number of ether oxygens (including phenoxy) is 1. The normalized spacial score (nSPS) is 12.0. The zero-order valence-corrected chi connectivity index (χ0v) is 16.7. The van der Waals surface area contributed by atoms with E-state index in [9.17, 15) is 13.6 Å². The zero-order chi connectivity index (χ0) is 20.8. The van der Waals surface area contributed by atoms with Gasteiger partial charge in [-0.15, -0.1) is 10.2 Å². The molecule has 1 unspecified atom stereocenters. The van der Waals surface area contributed by atoms with Gasteiger partial charge in [0.15, 0.2) is 28.7 Å². The Kier molecular flexibility index (Phi) is 6.86. The molecule has 1 amide bonds. The fraction of sp³-hybridized carbons (Fsp3) is 0.316. The van der Waals surface area contributed by atoms with Crippen LogP contribution in [0.4, 0.5) is 8.78 Å². The summed E-state index contributed by atoms with van der Waals surface area (Å²) >= 11 is 1.23. The highest BCUT2D eigenvalue weighted by Gasteiger charge is 2.20. The Balaban J connectivity index is 1.60. The van der Waals surface area contributed by atoms with Crippen molar-refractivity contribution in [1.29, 1.82) is 0 Å². The summed E-state index contributed by atoms with van der Waals surface area (Å²) in [4.78, 5) is 12.0. The number of nitrogens with one attached hydrogen (secondary N) is 1. The molecule has 29 heavy (non-hydrogen) atoms. The van der Waals surface area contributed by atoms with Crippen LogP contribution in [0.1, 0.15) is 31.5 Å². The van der Waals surface area contributed by atoms with Gasteiger partial charge in [-0.1, -0.05) is 11.8 Å². The molecule has 0 spiro atoms. The summed E-state index contributed by atoms with van der Waals surface area (Å²) in [5.74, 6) is -0.408. The Morgan fingerprint density at radius 3 is 2.86 bits per heavy atom. The summed E-state index contributed by atoms with van der Waals surface area (Å²) in [5.41, 5.74) is 0. The number of aromatic nitrogens is 3. The van der Waals surface area contributed by atoms with Crippen molar-refractivity contribution in [2.45, 2.75) is 38.2 Å². The van der Waals surface area contributed by atoms with Gasteiger partial charge in [0.2, 0.25) is 5.91 Å². The van der Waals surface area contributed by atoms with Crippen LogP contribution in [0.3, 0.4) is 0 Å². The van der Waals surface area contributed by atoms with Gasteiger partial charge in [-0.25, -0.2) is 8.78 Å². The van der Waals surface area contributed by atoms with Gasteiger partial charge in [0.25, 0.3) is 0 Å². The molecule has 154 valence electrons. The average Bonchev–Trinajstić information content (AvgIpc) is 3.36. The van der Waals surface area contributed by atoms with Gasteiger partial charge in [-0.05, 0) is 38.1 Å². The topological polar surface area (TPSA) is 82.2 Å². The van der Waals surface area contributed by atoms with Crippen LogP contribution in [-0.2, 0) is 17.9 Å². The van der Waals surface area contributed by atoms with Crippen molar-refractivity contribution < 1.29 is 22.7 Å². The van der Waals surface area contributed by atoms with E-state index in [1.54, 1.807) is 29.9 Å². The number of carbonyl (C=O) groups is 1. The molecule has 2 heterocycles. The van der Waals surface area contributed by atoms with E-state index >= 15 is 0 Å². The average molecular weight is 422 g/mol. The highest BCUT2D eigenvalue weighted by atomic mass is 32.2. The minimum Gasteiger partial charge on any atom is -0.480 e. The first kappa shape index (κ1) is 20.8. The Morgan fingerprint density at radius 1 is 1.34 bits per heavy atom. The first-order valence-electron chi connectivity index (χ1n) is 8.94. The minimum atomic E-state index is -0.790. The van der Waals surface area contributed by atoms with E-state index < -0.39 is 17.7 Å². The molecule has 0 bridgehead atoms. The van der Waals surface area contributed by atoms with E-state index in [1.165, 1.54) is 17.8 Å². The summed E-state index contributed by atoms with van der Waals surface area (Å²) < 4.78 is 39.4. The van der Waals surface area contributed by atoms with Crippen molar-refractivity contribution in [1.82, 2.24) is 20.1 Å². The van der Waals surface area contributed by atoms with Gasteiger partial charge in [0.1, 0.15) is 11.6 Å². The monoisotopic (exact) mass is 422 g/mol. The van der Waals surface area contributed by atoms with E-state index in [0.717, 1.165) is 12.1 Å². The van der Waals surface area contributed by atoms with E-state index in [0.29, 0.717) is 29.8 Å². The van der Waals surface area contributed by atoms with E-state index in [4.69, 9.17) is 9.15 Å². The molecule has 1 aromatic carbocycles. The lowest BCUT2D eigenvalue weighted by molar-refractivity contribution is -0.118. The molecule has 10 heteroatoms. The van der Waals surface area contributed by atoms with Crippen LogP contribution in [-0.4, -0.2) is 26.4 Å². The highest BCUT2D eigenvalue weighted by molar-refractivity contribution is 7.99. The molecule has 0 radical (unpaired) electrons. The van der Waals surface area contributed by atoms with Crippen molar-refractivity contribution >= 4 is 17.7 Å². The van der Waals surface area contributed by atoms with Crippen molar-refractivity contribution in [2.24, 2.45) is 0 Å². The zero-order valence-electron chi connectivity index (χ0n) is 15.9. The lowest BCUT2D eigenvalue weighted by Gasteiger charge is -2.16. The molecule has 0 saturated heterocycles. The quantitative estimate of drug-likeness (QED) is 0.530. The van der Waals surface area contributed by atoms with Gasteiger partial charge < -0.3 is 19.0 Å². The lowest BCUT2D eigenvalue weighted by Crippen LogP contribution is -2.24. The molecular weight excluding hydrogens is 402 g/mol. The van der Waals surface area contributed by atoms with E-state index in [-0.39, 0.29) is 17.4 Å². The van der Waals surface area contributed by atoms with Crippen molar-refractivity contribution in [3.05, 3.63) is 59.8 Å². The first-order valence-corrected chi connectivity index (χ1v) is 9.93. The van der Waals surface area contributed by atoms with Gasteiger partial charge in [0, 0.05) is 12.6 Å². The maximum atomic E-state index is 13.8. The van der Waals surface area contributed by atoms with Crippen molar-refractivity contribution in [3.63, 3.8) is 0 Å². The summed E-state index contributed by atoms with van der Waals surface area (Å²) in [5, 5.41) is 11.5. The predicted octanol–water partition coefficient (Wildman–Crippen LogP) is 3.72. The third-order valence-electron chi connectivity index (χ3n) is 4.00. The number of furan rings is 1. The Labute approximate surface area is 170 Å². The van der Waals surface area contributed by atoms with Gasteiger partial charge in [0.05, 0.1) is 18.6 Å². The number of amides is 1. The molecule has 0 aliphatic carbocycles. The fourth-order valence-electron chi connectivity index (χ4n) is 2.60. The fourth-order valence-corrected chi connectivity index (χ4v) is 3.44. The molecular formula is C19H20F2N4O3S. The second kappa shape index (κ2) is 9.55. The third kappa shape index (κ3) is 5.35. The Bertz CT molecular complexity index is 963. The molecule has 1 atom stereocenters. The number of rotatable bonds is 9. The Hall–Kier alpha value is -2.88. The van der Waals surface area contributed by atoms with Crippen LogP contribution in [0, 0.1) is 11.6 Å². The molecule has 7 nitrogen and oxygen atoms in total. The summed E-state index contributed by atoms with van der Waals surface area (Å²) in [6, 6.07) is 6.64. The molecule has 0 aliphatic heterocycles. The van der Waals surface area contributed by atoms with Crippen LogP contribution < -0.4 is 10.1 Å². The van der Waals surface area contributed by atoms with Crippen LogP contribution in [0.15, 0.2) is 46.2 Å². The summed E-state index contributed by atoms with van der Waals surface area (Å²) in [6.45, 7) is 4.45. The molecule has 0 saturated carbocycles.